The highest BCUT2D eigenvalue weighted by Crippen LogP contribution is 2.23. The van der Waals surface area contributed by atoms with Gasteiger partial charge in [-0.2, -0.15) is 5.10 Å². The van der Waals surface area contributed by atoms with Crippen molar-refractivity contribution in [3.63, 3.8) is 0 Å². The monoisotopic (exact) mass is 150 g/mol. The first-order valence-corrected chi connectivity index (χ1v) is 4.27. The van der Waals surface area contributed by atoms with Crippen molar-refractivity contribution in [2.24, 2.45) is 13.0 Å². The van der Waals surface area contributed by atoms with Crippen LogP contribution in [0.25, 0.3) is 0 Å². The van der Waals surface area contributed by atoms with Gasteiger partial charge in [-0.3, -0.25) is 4.68 Å². The molecule has 2 rings (SSSR count). The van der Waals surface area contributed by atoms with Crippen LogP contribution in [-0.4, -0.2) is 9.78 Å². The van der Waals surface area contributed by atoms with Crippen molar-refractivity contribution in [3.05, 3.63) is 17.5 Å². The van der Waals surface area contributed by atoms with Crippen LogP contribution < -0.4 is 0 Å². The molecule has 11 heavy (non-hydrogen) atoms. The number of hydrogen-bond donors (Lipinski definition) is 0. The van der Waals surface area contributed by atoms with E-state index >= 15 is 0 Å². The zero-order valence-corrected chi connectivity index (χ0v) is 7.17. The van der Waals surface area contributed by atoms with Gasteiger partial charge in [0.15, 0.2) is 0 Å². The van der Waals surface area contributed by atoms with Gasteiger partial charge in [0, 0.05) is 13.2 Å². The summed E-state index contributed by atoms with van der Waals surface area (Å²) in [4.78, 5) is 0. The molecule has 1 aliphatic carbocycles. The number of rotatable bonds is 0. The molecule has 0 amide bonds. The molecular formula is C9H14N2. The highest BCUT2D eigenvalue weighted by molar-refractivity contribution is 5.20. The Kier molecular flexibility index (Phi) is 1.48. The summed E-state index contributed by atoms with van der Waals surface area (Å²) in [5, 5.41) is 4.42. The second-order valence-electron chi connectivity index (χ2n) is 3.62. The van der Waals surface area contributed by atoms with Crippen LogP contribution in [0.15, 0.2) is 6.20 Å². The standard InChI is InChI=1S/C9H14N2/c1-7-3-4-8-6-11(2)10-9(8)5-7/h6-7H,3-5H2,1-2H3. The van der Waals surface area contributed by atoms with Gasteiger partial charge in [-0.25, -0.2) is 0 Å². The number of fused-ring (bicyclic) bond motifs is 1. The van der Waals surface area contributed by atoms with Gasteiger partial charge in [0.1, 0.15) is 0 Å². The molecule has 0 bridgehead atoms. The summed E-state index contributed by atoms with van der Waals surface area (Å²) in [5.74, 6) is 0.831. The van der Waals surface area contributed by atoms with Crippen molar-refractivity contribution in [3.8, 4) is 0 Å². The smallest absolute Gasteiger partial charge is 0.0659 e. The van der Waals surface area contributed by atoms with Crippen LogP contribution in [0.1, 0.15) is 24.6 Å². The highest BCUT2D eigenvalue weighted by Gasteiger charge is 2.17. The fourth-order valence-electron chi connectivity index (χ4n) is 1.80. The molecule has 0 fully saturated rings. The summed E-state index contributed by atoms with van der Waals surface area (Å²) in [6.07, 6.45) is 5.89. The van der Waals surface area contributed by atoms with Crippen LogP contribution in [-0.2, 0) is 19.9 Å². The maximum Gasteiger partial charge on any atom is 0.0659 e. The number of nitrogens with zero attached hydrogens (tertiary/aromatic N) is 2. The first-order valence-electron chi connectivity index (χ1n) is 4.27. The van der Waals surface area contributed by atoms with E-state index in [2.05, 4.69) is 18.2 Å². The minimum Gasteiger partial charge on any atom is -0.275 e. The molecule has 60 valence electrons. The van der Waals surface area contributed by atoms with Gasteiger partial charge in [-0.05, 0) is 30.7 Å². The normalized spacial score (nSPS) is 23.3. The molecule has 2 nitrogen and oxygen atoms in total. The number of aryl methyl sites for hydroxylation is 2. The van der Waals surface area contributed by atoms with Crippen LogP contribution in [0.2, 0.25) is 0 Å². The minimum atomic E-state index is 0.831. The van der Waals surface area contributed by atoms with Gasteiger partial charge >= 0.3 is 0 Å². The maximum atomic E-state index is 4.42. The van der Waals surface area contributed by atoms with Gasteiger partial charge in [0.05, 0.1) is 5.69 Å². The van der Waals surface area contributed by atoms with Crippen LogP contribution in [0.3, 0.4) is 0 Å². The number of aromatic nitrogens is 2. The van der Waals surface area contributed by atoms with E-state index in [4.69, 9.17) is 0 Å². The van der Waals surface area contributed by atoms with E-state index in [1.807, 2.05) is 11.7 Å². The molecule has 1 aromatic rings. The highest BCUT2D eigenvalue weighted by atomic mass is 15.2. The molecule has 0 spiro atoms. The van der Waals surface area contributed by atoms with Crippen molar-refractivity contribution < 1.29 is 0 Å². The fourth-order valence-corrected chi connectivity index (χ4v) is 1.80. The van der Waals surface area contributed by atoms with E-state index in [-0.39, 0.29) is 0 Å². The average Bonchev–Trinajstić information content (AvgIpc) is 2.27. The third-order valence-electron chi connectivity index (χ3n) is 2.44. The van der Waals surface area contributed by atoms with Gasteiger partial charge in [0.2, 0.25) is 0 Å². The average molecular weight is 150 g/mol. The Balaban J connectivity index is 2.34. The first kappa shape index (κ1) is 6.89. The molecule has 1 aromatic heterocycles. The Bertz CT molecular complexity index is 263. The summed E-state index contributed by atoms with van der Waals surface area (Å²) in [6, 6.07) is 0. The van der Waals surface area contributed by atoms with E-state index in [0.29, 0.717) is 0 Å². The lowest BCUT2D eigenvalue weighted by Crippen LogP contribution is -2.09. The number of hydrogen-bond acceptors (Lipinski definition) is 1. The van der Waals surface area contributed by atoms with Crippen LogP contribution in [0.5, 0.6) is 0 Å². The molecular weight excluding hydrogens is 136 g/mol. The Labute approximate surface area is 67.2 Å². The third kappa shape index (κ3) is 1.17. The van der Waals surface area contributed by atoms with E-state index in [9.17, 15) is 0 Å². The van der Waals surface area contributed by atoms with Crippen molar-refractivity contribution >= 4 is 0 Å². The lowest BCUT2D eigenvalue weighted by atomic mass is 9.90. The molecule has 0 aliphatic heterocycles. The predicted octanol–water partition coefficient (Wildman–Crippen LogP) is 1.54. The fraction of sp³-hybridized carbons (Fsp3) is 0.667. The second-order valence-corrected chi connectivity index (χ2v) is 3.62. The van der Waals surface area contributed by atoms with Crippen LogP contribution in [0.4, 0.5) is 0 Å². The molecule has 0 N–H and O–H groups in total. The molecule has 1 aliphatic rings. The van der Waals surface area contributed by atoms with Gasteiger partial charge in [-0.15, -0.1) is 0 Å². The summed E-state index contributed by atoms with van der Waals surface area (Å²) >= 11 is 0. The molecule has 0 saturated heterocycles. The summed E-state index contributed by atoms with van der Waals surface area (Å²) in [6.45, 7) is 2.30. The lowest BCUT2D eigenvalue weighted by Gasteiger charge is -2.15. The quantitative estimate of drug-likeness (QED) is 0.548. The summed E-state index contributed by atoms with van der Waals surface area (Å²) < 4.78 is 1.93. The second kappa shape index (κ2) is 2.36. The molecule has 2 heteroatoms. The van der Waals surface area contributed by atoms with E-state index in [1.54, 1.807) is 0 Å². The first-order chi connectivity index (χ1) is 5.25. The third-order valence-corrected chi connectivity index (χ3v) is 2.44. The largest absolute Gasteiger partial charge is 0.275 e. The van der Waals surface area contributed by atoms with Crippen molar-refractivity contribution in [2.45, 2.75) is 26.2 Å². The molecule has 0 aromatic carbocycles. The Hall–Kier alpha value is -0.790. The Morgan fingerprint density at radius 1 is 1.64 bits per heavy atom. The molecule has 1 atom stereocenters. The van der Waals surface area contributed by atoms with Crippen molar-refractivity contribution in [2.75, 3.05) is 0 Å². The minimum absolute atomic E-state index is 0.831. The predicted molar refractivity (Wildman–Crippen MR) is 44.4 cm³/mol. The van der Waals surface area contributed by atoms with E-state index in [1.165, 1.54) is 30.5 Å². The molecule has 1 heterocycles. The zero-order valence-electron chi connectivity index (χ0n) is 7.17. The van der Waals surface area contributed by atoms with Crippen molar-refractivity contribution in [1.29, 1.82) is 0 Å². The van der Waals surface area contributed by atoms with E-state index in [0.717, 1.165) is 5.92 Å². The van der Waals surface area contributed by atoms with Crippen molar-refractivity contribution in [1.82, 2.24) is 9.78 Å². The maximum absolute atomic E-state index is 4.42. The molecule has 0 saturated carbocycles. The molecule has 1 unspecified atom stereocenters. The zero-order chi connectivity index (χ0) is 7.84. The Morgan fingerprint density at radius 3 is 3.27 bits per heavy atom. The topological polar surface area (TPSA) is 17.8 Å². The lowest BCUT2D eigenvalue weighted by molar-refractivity contribution is 0.493. The van der Waals surface area contributed by atoms with E-state index < -0.39 is 0 Å². The van der Waals surface area contributed by atoms with Gasteiger partial charge < -0.3 is 0 Å². The van der Waals surface area contributed by atoms with Crippen LogP contribution >= 0.6 is 0 Å². The SMILES string of the molecule is CC1CCc2cn(C)nc2C1. The van der Waals surface area contributed by atoms with Gasteiger partial charge in [0.25, 0.3) is 0 Å². The Morgan fingerprint density at radius 2 is 2.45 bits per heavy atom. The summed E-state index contributed by atoms with van der Waals surface area (Å²) in [5.41, 5.74) is 2.79. The molecule has 0 radical (unpaired) electrons. The summed E-state index contributed by atoms with van der Waals surface area (Å²) in [7, 11) is 2.00. The van der Waals surface area contributed by atoms with Gasteiger partial charge in [-0.1, -0.05) is 6.92 Å². The van der Waals surface area contributed by atoms with Crippen LogP contribution in [0, 0.1) is 5.92 Å².